The summed E-state index contributed by atoms with van der Waals surface area (Å²) in [6.07, 6.45) is 1.48. The molecule has 3 amide bonds. The Bertz CT molecular complexity index is 2390. The van der Waals surface area contributed by atoms with Crippen molar-refractivity contribution in [2.75, 3.05) is 12.4 Å². The highest BCUT2D eigenvalue weighted by molar-refractivity contribution is 6.18. The van der Waals surface area contributed by atoms with Crippen molar-refractivity contribution in [3.63, 3.8) is 0 Å². The number of aromatic amines is 2. The van der Waals surface area contributed by atoms with E-state index in [1.807, 2.05) is 69.3 Å². The molecule has 58 heavy (non-hydrogen) atoms. The summed E-state index contributed by atoms with van der Waals surface area (Å²) < 4.78 is 7.54. The summed E-state index contributed by atoms with van der Waals surface area (Å²) in [6.45, 7) is 13.8. The maximum Gasteiger partial charge on any atom is 0.343 e. The van der Waals surface area contributed by atoms with E-state index in [9.17, 15) is 19.2 Å². The van der Waals surface area contributed by atoms with Gasteiger partial charge in [0, 0.05) is 24.9 Å². The fourth-order valence-corrected chi connectivity index (χ4v) is 7.17. The van der Waals surface area contributed by atoms with Crippen molar-refractivity contribution < 1.29 is 33.7 Å². The Hall–Kier alpha value is -6.35. The number of hydrogen-bond acceptors (Lipinski definition) is 10. The van der Waals surface area contributed by atoms with Gasteiger partial charge in [-0.2, -0.15) is 20.3 Å². The van der Waals surface area contributed by atoms with Crippen molar-refractivity contribution in [2.24, 2.45) is 17.8 Å². The molecular formula is C43H50N8O7. The lowest BCUT2D eigenvalue weighted by atomic mass is 9.75. The van der Waals surface area contributed by atoms with Crippen molar-refractivity contribution in [3.05, 3.63) is 107 Å². The van der Waals surface area contributed by atoms with Gasteiger partial charge in [-0.3, -0.25) is 24.4 Å². The molecule has 1 aliphatic rings. The lowest BCUT2D eigenvalue weighted by molar-refractivity contribution is -0.217. The number of imide groups is 1. The Morgan fingerprint density at radius 3 is 2.16 bits per heavy atom. The first kappa shape index (κ1) is 41.3. The molecule has 0 aliphatic heterocycles. The minimum Gasteiger partial charge on any atom is -0.458 e. The minimum absolute atomic E-state index is 0.00951. The Morgan fingerprint density at radius 1 is 0.879 bits per heavy atom. The number of ether oxygens (including phenoxy) is 1. The van der Waals surface area contributed by atoms with Crippen LogP contribution in [-0.2, 0) is 26.4 Å². The van der Waals surface area contributed by atoms with Gasteiger partial charge >= 0.3 is 5.97 Å². The highest BCUT2D eigenvalue weighted by Crippen LogP contribution is 2.37. The number of nitrogens with one attached hydrogen (secondary N) is 3. The lowest BCUT2D eigenvalue weighted by Crippen LogP contribution is -2.38. The highest BCUT2D eigenvalue weighted by atomic mass is 17.2. The van der Waals surface area contributed by atoms with Crippen LogP contribution in [0.4, 0.5) is 5.82 Å². The van der Waals surface area contributed by atoms with Crippen LogP contribution in [0.3, 0.4) is 0 Å². The number of H-pyrrole nitrogens is 2. The number of amides is 3. The summed E-state index contributed by atoms with van der Waals surface area (Å²) in [5, 5.41) is 16.5. The maximum atomic E-state index is 14.0. The average molecular weight is 791 g/mol. The number of carbonyl (C=O) groups excluding carboxylic acids is 4. The molecule has 6 aromatic rings. The van der Waals surface area contributed by atoms with Crippen molar-refractivity contribution in [2.45, 2.75) is 79.4 Å². The van der Waals surface area contributed by atoms with Gasteiger partial charge < -0.3 is 14.9 Å². The van der Waals surface area contributed by atoms with Crippen LogP contribution in [0.25, 0.3) is 16.7 Å². The monoisotopic (exact) mass is 790 g/mol. The quantitative estimate of drug-likeness (QED) is 0.0751. The lowest BCUT2D eigenvalue weighted by Gasteiger charge is -2.37. The summed E-state index contributed by atoms with van der Waals surface area (Å²) in [4.78, 5) is 69.2. The predicted molar refractivity (Wildman–Crippen MR) is 217 cm³/mol. The predicted octanol–water partition coefficient (Wildman–Crippen LogP) is 7.53. The van der Waals surface area contributed by atoms with E-state index >= 15 is 0 Å². The summed E-state index contributed by atoms with van der Waals surface area (Å²) in [7, 11) is 1.33. The van der Waals surface area contributed by atoms with E-state index in [-0.39, 0.29) is 40.5 Å². The van der Waals surface area contributed by atoms with E-state index in [4.69, 9.17) is 19.5 Å². The molecule has 3 aromatic carbocycles. The molecule has 3 N–H and O–H groups in total. The third-order valence-corrected chi connectivity index (χ3v) is 10.2. The molecular weight excluding hydrogens is 741 g/mol. The molecule has 0 radical (unpaired) electrons. The number of nitrogens with zero attached hydrogens (tertiary/aromatic N) is 5. The fraction of sp³-hybridized carbons (Fsp3) is 0.372. The minimum atomic E-state index is -0.752. The van der Waals surface area contributed by atoms with Crippen molar-refractivity contribution in [1.29, 1.82) is 0 Å². The largest absolute Gasteiger partial charge is 0.458 e. The number of benzene rings is 3. The van der Waals surface area contributed by atoms with Gasteiger partial charge in [-0.25, -0.2) is 14.3 Å². The van der Waals surface area contributed by atoms with E-state index in [1.165, 1.54) is 18.5 Å². The normalized spacial score (nSPS) is 17.9. The van der Waals surface area contributed by atoms with E-state index in [0.29, 0.717) is 29.7 Å². The van der Waals surface area contributed by atoms with Crippen molar-refractivity contribution in [3.8, 4) is 5.75 Å². The van der Waals surface area contributed by atoms with Gasteiger partial charge in [-0.1, -0.05) is 84.0 Å². The van der Waals surface area contributed by atoms with Crippen LogP contribution in [0.5, 0.6) is 5.75 Å². The van der Waals surface area contributed by atoms with Gasteiger partial charge in [-0.15, -0.1) is 0 Å². The second kappa shape index (κ2) is 17.4. The van der Waals surface area contributed by atoms with E-state index in [2.05, 4.69) is 46.6 Å². The SMILES string of the molecule is CC(=O)N(C)C(=O)c1c(C(=O)OC2C(C)CC(C)CC2C)c2nc(C(C)(C)C)[nH]n2c1NC(=O)c1ccccc1.c1ccc(OOCc2ccc3n[nH]nc3c2)cc1. The molecule has 0 saturated heterocycles. The topological polar surface area (TPSA) is 186 Å². The van der Waals surface area contributed by atoms with Gasteiger partial charge in [0.1, 0.15) is 46.5 Å². The summed E-state index contributed by atoms with van der Waals surface area (Å²) in [5.74, 6) is -0.484. The number of esters is 1. The number of rotatable bonds is 9. The molecule has 3 aromatic heterocycles. The molecule has 0 spiro atoms. The van der Waals surface area contributed by atoms with Crippen LogP contribution >= 0.6 is 0 Å². The molecule has 1 aliphatic carbocycles. The summed E-state index contributed by atoms with van der Waals surface area (Å²) >= 11 is 0. The molecule has 1 fully saturated rings. The van der Waals surface area contributed by atoms with Crippen LogP contribution in [-0.4, -0.2) is 71.8 Å². The van der Waals surface area contributed by atoms with Gasteiger partial charge in [0.15, 0.2) is 11.4 Å². The summed E-state index contributed by atoms with van der Waals surface area (Å²) in [6, 6.07) is 23.6. The molecule has 1 saturated carbocycles. The number of para-hydroxylation sites is 1. The Balaban J connectivity index is 0.000000260. The Labute approximate surface area is 336 Å². The third kappa shape index (κ3) is 9.26. The molecule has 0 bridgehead atoms. The standard InChI is InChI=1S/C30H39N5O5.C13H11N3O2/c1-16-14-17(2)23(18(3)15-16)40-28(39)22-21(27(38)34(8)19(4)36)24(31-26(37)20-12-10-9-11-13-20)35-25(22)32-29(33-35)30(5,6)7;1-2-4-11(5-3-1)18-17-9-10-6-7-12-13(8-10)15-16-14-12/h9-13,16-18,23H,14-15H2,1-8H3,(H,31,37)(H,32,33);1-8H,9H2,(H,14,15,16). The van der Waals surface area contributed by atoms with Crippen LogP contribution < -0.4 is 10.2 Å². The first-order valence-corrected chi connectivity index (χ1v) is 19.3. The summed E-state index contributed by atoms with van der Waals surface area (Å²) in [5.41, 5.74) is 2.44. The molecule has 7 rings (SSSR count). The second-order valence-corrected chi connectivity index (χ2v) is 16.0. The highest BCUT2D eigenvalue weighted by Gasteiger charge is 2.39. The van der Waals surface area contributed by atoms with Crippen molar-refractivity contribution >= 4 is 46.2 Å². The maximum absolute atomic E-state index is 14.0. The number of hydrogen-bond donors (Lipinski definition) is 3. The van der Waals surface area contributed by atoms with Crippen molar-refractivity contribution in [1.82, 2.24) is 34.9 Å². The Morgan fingerprint density at radius 2 is 1.52 bits per heavy atom. The van der Waals surface area contributed by atoms with Gasteiger partial charge in [0.05, 0.1) is 0 Å². The van der Waals surface area contributed by atoms with E-state index < -0.39 is 29.1 Å². The zero-order chi connectivity index (χ0) is 41.7. The van der Waals surface area contributed by atoms with E-state index in [1.54, 1.807) is 30.3 Å². The van der Waals surface area contributed by atoms with Gasteiger partial charge in [-0.05, 0) is 72.6 Å². The molecule has 15 nitrogen and oxygen atoms in total. The third-order valence-electron chi connectivity index (χ3n) is 10.2. The van der Waals surface area contributed by atoms with Crippen LogP contribution in [0.15, 0.2) is 78.9 Å². The first-order valence-electron chi connectivity index (χ1n) is 19.3. The zero-order valence-electron chi connectivity index (χ0n) is 34.0. The zero-order valence-corrected chi connectivity index (χ0v) is 34.0. The molecule has 304 valence electrons. The molecule has 2 atom stereocenters. The number of aromatic nitrogens is 6. The molecule has 3 heterocycles. The number of carbonyl (C=O) groups is 4. The molecule has 2 unspecified atom stereocenters. The fourth-order valence-electron chi connectivity index (χ4n) is 7.17. The first-order chi connectivity index (χ1) is 27.6. The average Bonchev–Trinajstić information content (AvgIpc) is 3.92. The molecule has 15 heteroatoms. The smallest absolute Gasteiger partial charge is 0.343 e. The second-order valence-electron chi connectivity index (χ2n) is 16.0. The van der Waals surface area contributed by atoms with Gasteiger partial charge in [0.25, 0.3) is 11.8 Å². The van der Waals surface area contributed by atoms with Crippen LogP contribution in [0.2, 0.25) is 0 Å². The van der Waals surface area contributed by atoms with E-state index in [0.717, 1.165) is 34.3 Å². The van der Waals surface area contributed by atoms with Gasteiger partial charge in [0.2, 0.25) is 5.91 Å². The number of anilines is 1. The Kier molecular flexibility index (Phi) is 12.4. The van der Waals surface area contributed by atoms with Crippen LogP contribution in [0.1, 0.15) is 104 Å². The van der Waals surface area contributed by atoms with Crippen LogP contribution in [0, 0.1) is 17.8 Å². The number of fused-ring (bicyclic) bond motifs is 2.